The van der Waals surface area contributed by atoms with Crippen molar-refractivity contribution in [2.24, 2.45) is 0 Å². The van der Waals surface area contributed by atoms with Crippen molar-refractivity contribution in [2.75, 3.05) is 13.1 Å². The summed E-state index contributed by atoms with van der Waals surface area (Å²) >= 11 is 5.88. The van der Waals surface area contributed by atoms with Crippen LogP contribution in [0.15, 0.2) is 23.1 Å². The summed E-state index contributed by atoms with van der Waals surface area (Å²) in [5.74, 6) is 0. The van der Waals surface area contributed by atoms with E-state index in [1.54, 1.807) is 0 Å². The van der Waals surface area contributed by atoms with Gasteiger partial charge in [-0.3, -0.25) is 0 Å². The molecule has 0 radical (unpaired) electrons. The fraction of sp³-hybridized carbons (Fsp3) is 0.462. The third-order valence-corrected chi connectivity index (χ3v) is 5.15. The highest BCUT2D eigenvalue weighted by molar-refractivity contribution is 7.89. The van der Waals surface area contributed by atoms with Gasteiger partial charge in [0.1, 0.15) is 11.0 Å². The Kier molecular flexibility index (Phi) is 5.00. The molecule has 0 bridgehead atoms. The summed E-state index contributed by atoms with van der Waals surface area (Å²) in [6.07, 6.45) is 2.45. The first kappa shape index (κ1) is 15.3. The molecule has 0 amide bonds. The van der Waals surface area contributed by atoms with Crippen molar-refractivity contribution >= 4 is 21.6 Å². The maximum atomic E-state index is 12.4. The number of hydrogen-bond donors (Lipinski definition) is 2. The first-order valence-corrected chi connectivity index (χ1v) is 8.32. The van der Waals surface area contributed by atoms with E-state index in [1.807, 2.05) is 6.07 Å². The van der Waals surface area contributed by atoms with Gasteiger partial charge in [-0.15, -0.1) is 0 Å². The van der Waals surface area contributed by atoms with Gasteiger partial charge in [0, 0.05) is 6.04 Å². The molecule has 1 aromatic rings. The Balaban J connectivity index is 2.27. The van der Waals surface area contributed by atoms with Gasteiger partial charge in [0.05, 0.1) is 10.6 Å². The number of nitrogens with zero attached hydrogens (tertiary/aromatic N) is 1. The van der Waals surface area contributed by atoms with Gasteiger partial charge in [-0.2, -0.15) is 5.26 Å². The van der Waals surface area contributed by atoms with Crippen molar-refractivity contribution in [2.45, 2.75) is 30.2 Å². The average molecular weight is 314 g/mol. The molecule has 0 saturated carbocycles. The first-order valence-electron chi connectivity index (χ1n) is 6.46. The molecule has 0 aromatic heterocycles. The van der Waals surface area contributed by atoms with Crippen LogP contribution in [0, 0.1) is 11.3 Å². The smallest absolute Gasteiger partial charge is 0.242 e. The number of hydrogen-bond acceptors (Lipinski definition) is 4. The summed E-state index contributed by atoms with van der Waals surface area (Å²) in [5, 5.41) is 12.5. The summed E-state index contributed by atoms with van der Waals surface area (Å²) in [6, 6.07) is 6.19. The second kappa shape index (κ2) is 6.55. The molecule has 7 heteroatoms. The van der Waals surface area contributed by atoms with E-state index in [4.69, 9.17) is 16.9 Å². The molecule has 2 rings (SSSR count). The number of benzene rings is 1. The molecule has 0 aliphatic carbocycles. The predicted molar refractivity (Wildman–Crippen MR) is 77.0 cm³/mol. The van der Waals surface area contributed by atoms with Gasteiger partial charge in [0.25, 0.3) is 0 Å². The quantitative estimate of drug-likeness (QED) is 0.888. The molecule has 1 aliphatic heterocycles. The van der Waals surface area contributed by atoms with E-state index in [9.17, 15) is 8.42 Å². The summed E-state index contributed by atoms with van der Waals surface area (Å²) in [4.78, 5) is -0.0512. The molecule has 1 aliphatic rings. The molecule has 108 valence electrons. The molecule has 2 N–H and O–H groups in total. The number of nitriles is 1. The van der Waals surface area contributed by atoms with Crippen LogP contribution in [0.3, 0.4) is 0 Å². The van der Waals surface area contributed by atoms with E-state index < -0.39 is 10.0 Å². The van der Waals surface area contributed by atoms with Crippen LogP contribution in [0.2, 0.25) is 5.02 Å². The Morgan fingerprint density at radius 3 is 2.90 bits per heavy atom. The summed E-state index contributed by atoms with van der Waals surface area (Å²) in [6.45, 7) is 1.69. The average Bonchev–Trinajstić information content (AvgIpc) is 2.66. The predicted octanol–water partition coefficient (Wildman–Crippen LogP) is 1.63. The lowest BCUT2D eigenvalue weighted by atomic mass is 10.1. The highest BCUT2D eigenvalue weighted by Gasteiger charge is 2.24. The van der Waals surface area contributed by atoms with Gasteiger partial charge in [-0.1, -0.05) is 17.7 Å². The third-order valence-electron chi connectivity index (χ3n) is 3.27. The van der Waals surface area contributed by atoms with Crippen LogP contribution in [0.5, 0.6) is 0 Å². The lowest BCUT2D eigenvalue weighted by Gasteiger charge is -2.16. The second-order valence-corrected chi connectivity index (χ2v) is 6.81. The van der Waals surface area contributed by atoms with E-state index in [2.05, 4.69) is 10.0 Å². The molecular weight excluding hydrogens is 298 g/mol. The maximum Gasteiger partial charge on any atom is 0.242 e. The summed E-state index contributed by atoms with van der Waals surface area (Å²) in [5.41, 5.74) is -0.00610. The zero-order chi connectivity index (χ0) is 14.6. The number of halogens is 1. The Morgan fingerprint density at radius 1 is 1.35 bits per heavy atom. The fourth-order valence-corrected chi connectivity index (χ4v) is 4.01. The third kappa shape index (κ3) is 3.49. The van der Waals surface area contributed by atoms with Crippen LogP contribution in [-0.4, -0.2) is 27.5 Å². The van der Waals surface area contributed by atoms with Crippen molar-refractivity contribution < 1.29 is 8.42 Å². The maximum absolute atomic E-state index is 12.4. The molecule has 1 heterocycles. The molecule has 1 fully saturated rings. The zero-order valence-corrected chi connectivity index (χ0v) is 12.5. The minimum Gasteiger partial charge on any atom is -0.317 e. The summed E-state index contributed by atoms with van der Waals surface area (Å²) in [7, 11) is -3.73. The van der Waals surface area contributed by atoms with Crippen molar-refractivity contribution in [1.82, 2.24) is 10.0 Å². The van der Waals surface area contributed by atoms with Crippen molar-refractivity contribution in [1.29, 1.82) is 5.26 Å². The Labute approximate surface area is 124 Å². The monoisotopic (exact) mass is 313 g/mol. The van der Waals surface area contributed by atoms with E-state index in [0.29, 0.717) is 0 Å². The zero-order valence-electron chi connectivity index (χ0n) is 10.9. The molecule has 5 nitrogen and oxygen atoms in total. The minimum absolute atomic E-state index is 0.00610. The van der Waals surface area contributed by atoms with E-state index >= 15 is 0 Å². The lowest BCUT2D eigenvalue weighted by molar-refractivity contribution is 0.518. The van der Waals surface area contributed by atoms with E-state index in [1.165, 1.54) is 18.2 Å². The minimum atomic E-state index is -3.73. The van der Waals surface area contributed by atoms with Crippen molar-refractivity contribution in [3.8, 4) is 6.07 Å². The highest BCUT2D eigenvalue weighted by Crippen LogP contribution is 2.23. The molecule has 20 heavy (non-hydrogen) atoms. The fourth-order valence-electron chi connectivity index (χ4n) is 2.26. The second-order valence-electron chi connectivity index (χ2n) is 4.72. The topological polar surface area (TPSA) is 82.0 Å². The molecule has 1 aromatic carbocycles. The van der Waals surface area contributed by atoms with Crippen LogP contribution in [0.25, 0.3) is 0 Å². The Bertz CT molecular complexity index is 617. The lowest BCUT2D eigenvalue weighted by Crippen LogP contribution is -2.35. The molecule has 1 atom stereocenters. The van der Waals surface area contributed by atoms with Crippen LogP contribution < -0.4 is 10.0 Å². The number of rotatable bonds is 3. The molecule has 1 unspecified atom stereocenters. The van der Waals surface area contributed by atoms with Gasteiger partial charge >= 0.3 is 0 Å². The molecular formula is C13H16ClN3O2S. The van der Waals surface area contributed by atoms with E-state index in [-0.39, 0.29) is 21.5 Å². The highest BCUT2D eigenvalue weighted by atomic mass is 35.5. The molecule has 1 saturated heterocycles. The number of sulfonamides is 1. The van der Waals surface area contributed by atoms with Gasteiger partial charge in [-0.05, 0) is 44.5 Å². The Hall–Kier alpha value is -1.13. The first-order chi connectivity index (χ1) is 9.54. The van der Waals surface area contributed by atoms with Crippen LogP contribution in [0.1, 0.15) is 24.8 Å². The van der Waals surface area contributed by atoms with Gasteiger partial charge in [0.2, 0.25) is 10.0 Å². The van der Waals surface area contributed by atoms with E-state index in [0.717, 1.165) is 32.4 Å². The van der Waals surface area contributed by atoms with Gasteiger partial charge in [0.15, 0.2) is 0 Å². The largest absolute Gasteiger partial charge is 0.317 e. The standard InChI is InChI=1S/C13H16ClN3O2S/c14-12-4-1-5-13(11(12)9-15)20(18,19)17-10-3-2-7-16-8-6-10/h1,4-5,10,16-17H,2-3,6-8H2. The SMILES string of the molecule is N#Cc1c(Cl)cccc1S(=O)(=O)NC1CCCNCC1. The normalized spacial score (nSPS) is 20.1. The van der Waals surface area contributed by atoms with Gasteiger partial charge < -0.3 is 5.32 Å². The van der Waals surface area contributed by atoms with Crippen LogP contribution >= 0.6 is 11.6 Å². The Morgan fingerprint density at radius 2 is 2.15 bits per heavy atom. The molecule has 0 spiro atoms. The van der Waals surface area contributed by atoms with Crippen molar-refractivity contribution in [3.63, 3.8) is 0 Å². The van der Waals surface area contributed by atoms with Gasteiger partial charge in [-0.25, -0.2) is 13.1 Å². The van der Waals surface area contributed by atoms with Crippen molar-refractivity contribution in [3.05, 3.63) is 28.8 Å². The number of nitrogens with one attached hydrogen (secondary N) is 2. The summed E-state index contributed by atoms with van der Waals surface area (Å²) < 4.78 is 27.5. The van der Waals surface area contributed by atoms with Crippen LogP contribution in [-0.2, 0) is 10.0 Å². The van der Waals surface area contributed by atoms with Crippen LogP contribution in [0.4, 0.5) is 0 Å².